The Bertz CT molecular complexity index is 890. The molecule has 1 aromatic rings. The number of amides is 2. The van der Waals surface area contributed by atoms with E-state index in [0.717, 1.165) is 64.5 Å². The Morgan fingerprint density at radius 1 is 0.946 bits per heavy atom. The van der Waals surface area contributed by atoms with Crippen molar-refractivity contribution in [3.8, 4) is 5.75 Å². The zero-order chi connectivity index (χ0) is 26.8. The Morgan fingerprint density at radius 2 is 1.51 bits per heavy atom. The number of nitrogens with zero attached hydrogens (tertiary/aromatic N) is 4. The summed E-state index contributed by atoms with van der Waals surface area (Å²) in [6.45, 7) is 6.96. The highest BCUT2D eigenvalue weighted by molar-refractivity contribution is 5.97. The molecule has 0 radical (unpaired) electrons. The number of methoxy groups -OCH3 is 1. The molecule has 0 bridgehead atoms. The van der Waals surface area contributed by atoms with Gasteiger partial charge in [0, 0.05) is 42.9 Å². The first-order valence-corrected chi connectivity index (χ1v) is 14.0. The molecule has 37 heavy (non-hydrogen) atoms. The zero-order valence-electron chi connectivity index (χ0n) is 22.8. The maximum atomic E-state index is 13.9. The number of carbonyl (C=O) groups excluding carboxylic acids is 2. The summed E-state index contributed by atoms with van der Waals surface area (Å²) in [6, 6.07) is 4.67. The highest BCUT2D eigenvalue weighted by Crippen LogP contribution is 2.31. The first-order chi connectivity index (χ1) is 17.9. The summed E-state index contributed by atoms with van der Waals surface area (Å²) in [5, 5.41) is 11.3. The number of nitro groups is 1. The van der Waals surface area contributed by atoms with Crippen LogP contribution in [-0.4, -0.2) is 83.4 Å². The number of hydrogen-bond donors (Lipinski definition) is 0. The average molecular weight is 517 g/mol. The van der Waals surface area contributed by atoms with Crippen LogP contribution in [0, 0.1) is 10.1 Å². The highest BCUT2D eigenvalue weighted by Gasteiger charge is 2.34. The van der Waals surface area contributed by atoms with Crippen LogP contribution in [0.2, 0.25) is 0 Å². The van der Waals surface area contributed by atoms with Gasteiger partial charge in [0.05, 0.1) is 12.0 Å². The molecule has 2 aliphatic carbocycles. The van der Waals surface area contributed by atoms with Crippen LogP contribution in [0.15, 0.2) is 18.2 Å². The second-order valence-corrected chi connectivity index (χ2v) is 10.3. The van der Waals surface area contributed by atoms with Crippen LogP contribution in [-0.2, 0) is 4.79 Å². The lowest BCUT2D eigenvalue weighted by atomic mass is 9.88. The monoisotopic (exact) mass is 516 g/mol. The number of hydrogen-bond acceptors (Lipinski definition) is 6. The SMILES string of the molecule is CCN(CC)CCN(CC(=O)N(C1CCCCC1)C1CCCCC1)C(=O)c1ccc([N+](=O)[O-])c(OC)c1. The van der Waals surface area contributed by atoms with Crippen LogP contribution in [0.25, 0.3) is 0 Å². The molecule has 0 spiro atoms. The van der Waals surface area contributed by atoms with E-state index in [-0.39, 0.29) is 47.4 Å². The van der Waals surface area contributed by atoms with Crippen LogP contribution in [0.1, 0.15) is 88.4 Å². The molecule has 2 amide bonds. The topological polar surface area (TPSA) is 96.2 Å². The smallest absolute Gasteiger partial charge is 0.310 e. The molecular formula is C28H44N4O5. The van der Waals surface area contributed by atoms with Crippen molar-refractivity contribution in [2.75, 3.05) is 39.8 Å². The molecule has 0 aliphatic heterocycles. The fourth-order valence-electron chi connectivity index (χ4n) is 5.87. The number of rotatable bonds is 12. The summed E-state index contributed by atoms with van der Waals surface area (Å²) in [6.07, 6.45) is 11.2. The van der Waals surface area contributed by atoms with Gasteiger partial charge in [-0.1, -0.05) is 52.4 Å². The van der Waals surface area contributed by atoms with Crippen molar-refractivity contribution >= 4 is 17.5 Å². The summed E-state index contributed by atoms with van der Waals surface area (Å²) in [5.41, 5.74) is 0.0993. The van der Waals surface area contributed by atoms with Crippen molar-refractivity contribution in [1.82, 2.24) is 14.7 Å². The molecule has 0 heterocycles. The van der Waals surface area contributed by atoms with Gasteiger partial charge in [0.2, 0.25) is 5.91 Å². The molecule has 3 rings (SSSR count). The van der Waals surface area contributed by atoms with Crippen molar-refractivity contribution in [2.45, 2.75) is 90.1 Å². The summed E-state index contributed by atoms with van der Waals surface area (Å²) in [7, 11) is 1.35. The van der Waals surface area contributed by atoms with E-state index in [0.29, 0.717) is 13.1 Å². The van der Waals surface area contributed by atoms with Gasteiger partial charge in [0.1, 0.15) is 6.54 Å². The van der Waals surface area contributed by atoms with E-state index in [4.69, 9.17) is 4.74 Å². The molecule has 2 saturated carbocycles. The molecule has 9 heteroatoms. The van der Waals surface area contributed by atoms with Crippen LogP contribution in [0.5, 0.6) is 5.75 Å². The zero-order valence-corrected chi connectivity index (χ0v) is 22.8. The van der Waals surface area contributed by atoms with Gasteiger partial charge in [-0.25, -0.2) is 0 Å². The number of benzene rings is 1. The predicted molar refractivity (Wildman–Crippen MR) is 144 cm³/mol. The molecule has 0 atom stereocenters. The molecule has 2 aliphatic rings. The van der Waals surface area contributed by atoms with Gasteiger partial charge in [-0.15, -0.1) is 0 Å². The van der Waals surface area contributed by atoms with Crippen molar-refractivity contribution in [3.05, 3.63) is 33.9 Å². The summed E-state index contributed by atoms with van der Waals surface area (Å²) < 4.78 is 5.19. The van der Waals surface area contributed by atoms with Crippen molar-refractivity contribution in [2.24, 2.45) is 0 Å². The third kappa shape index (κ3) is 7.66. The van der Waals surface area contributed by atoms with E-state index >= 15 is 0 Å². The second-order valence-electron chi connectivity index (χ2n) is 10.3. The Balaban J connectivity index is 1.86. The third-order valence-electron chi connectivity index (χ3n) is 8.04. The van der Waals surface area contributed by atoms with E-state index in [1.54, 1.807) is 4.90 Å². The molecule has 2 fully saturated rings. The lowest BCUT2D eigenvalue weighted by Crippen LogP contribution is -2.53. The average Bonchev–Trinajstić information content (AvgIpc) is 2.93. The number of likely N-dealkylation sites (N-methyl/N-ethyl adjacent to an activating group) is 1. The normalized spacial score (nSPS) is 17.0. The maximum Gasteiger partial charge on any atom is 0.310 e. The van der Waals surface area contributed by atoms with Crippen molar-refractivity contribution in [3.63, 3.8) is 0 Å². The lowest BCUT2D eigenvalue weighted by Gasteiger charge is -2.42. The highest BCUT2D eigenvalue weighted by atomic mass is 16.6. The predicted octanol–water partition coefficient (Wildman–Crippen LogP) is 4.88. The number of ether oxygens (including phenoxy) is 1. The Morgan fingerprint density at radius 3 is 2.00 bits per heavy atom. The van der Waals surface area contributed by atoms with E-state index < -0.39 is 4.92 Å². The van der Waals surface area contributed by atoms with Gasteiger partial charge in [-0.3, -0.25) is 19.7 Å². The van der Waals surface area contributed by atoms with Crippen LogP contribution >= 0.6 is 0 Å². The van der Waals surface area contributed by atoms with Gasteiger partial charge in [-0.2, -0.15) is 0 Å². The lowest BCUT2D eigenvalue weighted by molar-refractivity contribution is -0.385. The first kappa shape index (κ1) is 28.9. The van der Waals surface area contributed by atoms with E-state index in [1.165, 1.54) is 38.2 Å². The molecular weight excluding hydrogens is 472 g/mol. The molecule has 1 aromatic carbocycles. The maximum absolute atomic E-state index is 13.9. The van der Waals surface area contributed by atoms with Gasteiger partial charge >= 0.3 is 5.69 Å². The minimum absolute atomic E-state index is 0.0202. The fraction of sp³-hybridized carbons (Fsp3) is 0.714. The second kappa shape index (κ2) is 14.3. The number of nitro benzene ring substituents is 1. The minimum atomic E-state index is -0.527. The van der Waals surface area contributed by atoms with Crippen LogP contribution in [0.4, 0.5) is 5.69 Å². The molecule has 0 saturated heterocycles. The largest absolute Gasteiger partial charge is 0.490 e. The molecule has 9 nitrogen and oxygen atoms in total. The van der Waals surface area contributed by atoms with Gasteiger partial charge in [0.25, 0.3) is 5.91 Å². The Hall–Kier alpha value is -2.68. The van der Waals surface area contributed by atoms with E-state index in [9.17, 15) is 19.7 Å². The third-order valence-corrected chi connectivity index (χ3v) is 8.04. The van der Waals surface area contributed by atoms with E-state index in [1.807, 2.05) is 0 Å². The summed E-state index contributed by atoms with van der Waals surface area (Å²) in [4.78, 5) is 44.4. The van der Waals surface area contributed by atoms with Crippen LogP contribution < -0.4 is 4.74 Å². The Kier molecular flexibility index (Phi) is 11.2. The quantitative estimate of drug-likeness (QED) is 0.290. The fourth-order valence-corrected chi connectivity index (χ4v) is 5.87. The number of carbonyl (C=O) groups is 2. The molecule has 0 aromatic heterocycles. The van der Waals surface area contributed by atoms with Gasteiger partial charge in [-0.05, 0) is 44.8 Å². The minimum Gasteiger partial charge on any atom is -0.490 e. The van der Waals surface area contributed by atoms with Gasteiger partial charge in [0.15, 0.2) is 5.75 Å². The van der Waals surface area contributed by atoms with E-state index in [2.05, 4.69) is 23.6 Å². The van der Waals surface area contributed by atoms with Crippen molar-refractivity contribution < 1.29 is 19.2 Å². The first-order valence-electron chi connectivity index (χ1n) is 14.0. The van der Waals surface area contributed by atoms with Gasteiger partial charge < -0.3 is 19.4 Å². The summed E-state index contributed by atoms with van der Waals surface area (Å²) >= 11 is 0. The molecule has 0 N–H and O–H groups in total. The standard InChI is InChI=1S/C28H44N4O5/c1-4-29(5-2)18-19-30(28(34)22-16-17-25(32(35)36)26(20-22)37-3)21-27(33)31(23-12-8-6-9-13-23)24-14-10-7-11-15-24/h16-17,20,23-24H,4-15,18-19,21H2,1-3H3. The molecule has 0 unspecified atom stereocenters. The molecule has 206 valence electrons. The summed E-state index contributed by atoms with van der Waals surface area (Å²) in [5.74, 6) is -0.238. The van der Waals surface area contributed by atoms with Crippen molar-refractivity contribution in [1.29, 1.82) is 0 Å². The Labute approximate surface area is 221 Å². The van der Waals surface area contributed by atoms with Crippen LogP contribution in [0.3, 0.4) is 0 Å².